The molecule has 2 fully saturated rings. The number of nitrogens with one attached hydrogen (secondary N) is 4. The molecule has 200 valence electrons. The number of fused-ring (bicyclic) bond motifs is 1. The van der Waals surface area contributed by atoms with Gasteiger partial charge >= 0.3 is 5.97 Å². The molecule has 3 heterocycles. The molecule has 2 aromatic carbocycles. The molecule has 5 N–H and O–H groups in total. The molecule has 39 heavy (non-hydrogen) atoms. The van der Waals surface area contributed by atoms with Crippen LogP contribution < -0.4 is 21.3 Å². The topological polar surface area (TPSA) is 157 Å². The van der Waals surface area contributed by atoms with Crippen LogP contribution >= 0.6 is 11.8 Å². The molecular formula is C27H25N5O6S. The van der Waals surface area contributed by atoms with Crippen molar-refractivity contribution in [1.29, 1.82) is 0 Å². The first-order chi connectivity index (χ1) is 18.8. The van der Waals surface area contributed by atoms with Crippen LogP contribution in [0, 0.1) is 0 Å². The van der Waals surface area contributed by atoms with E-state index in [9.17, 15) is 29.1 Å². The van der Waals surface area contributed by atoms with Crippen LogP contribution in [0.2, 0.25) is 0 Å². The van der Waals surface area contributed by atoms with Gasteiger partial charge in [-0.3, -0.25) is 24.1 Å². The molecule has 0 aromatic heterocycles. The van der Waals surface area contributed by atoms with Crippen LogP contribution in [0.5, 0.6) is 0 Å². The van der Waals surface area contributed by atoms with E-state index in [2.05, 4.69) is 21.3 Å². The average molecular weight is 548 g/mol. The van der Waals surface area contributed by atoms with Crippen LogP contribution in [0.25, 0.3) is 0 Å². The highest BCUT2D eigenvalue weighted by atomic mass is 32.2. The molecule has 2 saturated heterocycles. The summed E-state index contributed by atoms with van der Waals surface area (Å²) in [7, 11) is 0. The lowest BCUT2D eigenvalue weighted by molar-refractivity contribution is -0.151. The largest absolute Gasteiger partial charge is 0.477 e. The number of carboxylic acids is 1. The molecule has 0 bridgehead atoms. The normalized spacial score (nSPS) is 24.2. The van der Waals surface area contributed by atoms with E-state index >= 15 is 0 Å². The Kier molecular flexibility index (Phi) is 7.11. The summed E-state index contributed by atoms with van der Waals surface area (Å²) in [5.74, 6) is -2.78. The van der Waals surface area contributed by atoms with E-state index < -0.39 is 53.1 Å². The van der Waals surface area contributed by atoms with Gasteiger partial charge in [0.2, 0.25) is 5.91 Å². The molecule has 1 unspecified atom stereocenters. The fourth-order valence-corrected chi connectivity index (χ4v) is 5.96. The number of piperazine rings is 1. The molecule has 11 nitrogen and oxygen atoms in total. The number of β-lactam (4-membered cyclic amide) rings is 1. The smallest absolute Gasteiger partial charge is 0.352 e. The van der Waals surface area contributed by atoms with E-state index in [4.69, 9.17) is 0 Å². The molecule has 4 atom stereocenters. The number of nitrogens with zero attached hydrogens (tertiary/aromatic N) is 1. The van der Waals surface area contributed by atoms with E-state index in [0.29, 0.717) is 22.5 Å². The van der Waals surface area contributed by atoms with Crippen molar-refractivity contribution >= 4 is 41.4 Å². The Hall–Kier alpha value is -4.58. The van der Waals surface area contributed by atoms with Gasteiger partial charge < -0.3 is 26.4 Å². The summed E-state index contributed by atoms with van der Waals surface area (Å²) in [5, 5.41) is 19.9. The van der Waals surface area contributed by atoms with Gasteiger partial charge in [-0.05, 0) is 23.6 Å². The summed E-state index contributed by atoms with van der Waals surface area (Å²) in [6.07, 6.45) is 1.25. The van der Waals surface area contributed by atoms with E-state index in [-0.39, 0.29) is 11.4 Å². The van der Waals surface area contributed by atoms with Crippen molar-refractivity contribution in [3.63, 3.8) is 0 Å². The highest BCUT2D eigenvalue weighted by Crippen LogP contribution is 2.40. The lowest BCUT2D eigenvalue weighted by Crippen LogP contribution is -2.71. The Morgan fingerprint density at radius 1 is 1.08 bits per heavy atom. The number of carboxylic acid groups (broad SMARTS) is 1. The average Bonchev–Trinajstić information content (AvgIpc) is 2.94. The standard InChI is InChI=1S/C27H25N5O6S/c1-14-13-39-26-20(25(36)32(26)21(14)27(37)38)31-23(34)18(15-8-4-2-5-9-15)28-12-17-22(33)30-19(24(35)29-17)16-10-6-3-7-11-16/h2-12,18-20,26,28H,13H2,1H3,(H,29,35)(H,30,33)(H,31,34)(H,37,38)/b17-12+/t18-,19?,20-,26-/m1/s1. The van der Waals surface area contributed by atoms with Crippen molar-refractivity contribution in [1.82, 2.24) is 26.2 Å². The van der Waals surface area contributed by atoms with Crippen LogP contribution in [0.3, 0.4) is 0 Å². The molecule has 4 amide bonds. The third-order valence-corrected chi connectivity index (χ3v) is 8.05. The second kappa shape index (κ2) is 10.7. The highest BCUT2D eigenvalue weighted by Gasteiger charge is 2.54. The van der Waals surface area contributed by atoms with Gasteiger partial charge in [-0.1, -0.05) is 60.7 Å². The summed E-state index contributed by atoms with van der Waals surface area (Å²) < 4.78 is 0. The number of thioether (sulfide) groups is 1. The Bertz CT molecular complexity index is 1410. The summed E-state index contributed by atoms with van der Waals surface area (Å²) in [4.78, 5) is 64.6. The van der Waals surface area contributed by atoms with E-state index in [0.717, 1.165) is 0 Å². The summed E-state index contributed by atoms with van der Waals surface area (Å²) in [6.45, 7) is 1.66. The maximum atomic E-state index is 13.4. The number of carbonyl (C=O) groups is 5. The summed E-state index contributed by atoms with van der Waals surface area (Å²) >= 11 is 1.37. The van der Waals surface area contributed by atoms with Gasteiger partial charge in [-0.25, -0.2) is 4.79 Å². The molecule has 3 aliphatic heterocycles. The van der Waals surface area contributed by atoms with Crippen LogP contribution in [-0.2, 0) is 24.0 Å². The number of hydrogen-bond acceptors (Lipinski definition) is 7. The molecule has 5 rings (SSSR count). The van der Waals surface area contributed by atoms with E-state index in [1.807, 2.05) is 0 Å². The maximum Gasteiger partial charge on any atom is 0.352 e. The Morgan fingerprint density at radius 2 is 1.74 bits per heavy atom. The van der Waals surface area contributed by atoms with Gasteiger partial charge in [0.1, 0.15) is 34.9 Å². The van der Waals surface area contributed by atoms with Crippen molar-refractivity contribution in [2.24, 2.45) is 0 Å². The third kappa shape index (κ3) is 4.98. The molecular weight excluding hydrogens is 522 g/mol. The van der Waals surface area contributed by atoms with Gasteiger partial charge in [-0.2, -0.15) is 0 Å². The monoisotopic (exact) mass is 547 g/mol. The Labute approximate surface area is 227 Å². The van der Waals surface area contributed by atoms with E-state index in [1.165, 1.54) is 22.9 Å². The van der Waals surface area contributed by atoms with Gasteiger partial charge in [0.25, 0.3) is 17.7 Å². The first-order valence-corrected chi connectivity index (χ1v) is 13.2. The molecule has 3 aliphatic rings. The minimum absolute atomic E-state index is 0.0513. The van der Waals surface area contributed by atoms with Crippen LogP contribution in [0.15, 0.2) is 83.8 Å². The number of carbonyl (C=O) groups excluding carboxylic acids is 4. The molecule has 12 heteroatoms. The molecule has 0 aliphatic carbocycles. The second-order valence-corrected chi connectivity index (χ2v) is 10.3. The predicted molar refractivity (Wildman–Crippen MR) is 141 cm³/mol. The van der Waals surface area contributed by atoms with Gasteiger partial charge in [0.15, 0.2) is 0 Å². The number of amides is 4. The third-order valence-electron chi connectivity index (χ3n) is 6.62. The molecule has 0 spiro atoms. The van der Waals surface area contributed by atoms with Crippen LogP contribution in [0.1, 0.15) is 30.1 Å². The zero-order chi connectivity index (χ0) is 27.7. The Morgan fingerprint density at radius 3 is 2.41 bits per heavy atom. The number of rotatable bonds is 7. The fraction of sp³-hybridized carbons (Fsp3) is 0.222. The van der Waals surface area contributed by atoms with Crippen LogP contribution in [-0.4, -0.2) is 56.8 Å². The van der Waals surface area contributed by atoms with Crippen molar-refractivity contribution in [2.45, 2.75) is 30.4 Å². The lowest BCUT2D eigenvalue weighted by atomic mass is 10.0. The summed E-state index contributed by atoms with van der Waals surface area (Å²) in [6, 6.07) is 14.7. The number of benzene rings is 2. The second-order valence-electron chi connectivity index (χ2n) is 9.20. The van der Waals surface area contributed by atoms with Crippen molar-refractivity contribution in [3.05, 3.63) is 95.0 Å². The van der Waals surface area contributed by atoms with Gasteiger partial charge in [-0.15, -0.1) is 11.8 Å². The number of hydrogen-bond donors (Lipinski definition) is 5. The molecule has 0 saturated carbocycles. The maximum absolute atomic E-state index is 13.4. The van der Waals surface area contributed by atoms with Gasteiger partial charge in [0, 0.05) is 12.0 Å². The SMILES string of the molecule is CC1=C(C(=O)O)N2C(=O)[C@@H](NC(=O)[C@H](N/C=C3/NC(=O)C(c4ccccc4)NC3=O)c3ccccc3)[C@H]2SC1. The lowest BCUT2D eigenvalue weighted by Gasteiger charge is -2.49. The van der Waals surface area contributed by atoms with Gasteiger partial charge in [0.05, 0.1) is 0 Å². The molecule has 2 aromatic rings. The first kappa shape index (κ1) is 26.0. The minimum Gasteiger partial charge on any atom is -0.477 e. The zero-order valence-electron chi connectivity index (χ0n) is 20.7. The fourth-order valence-electron chi connectivity index (χ4n) is 4.67. The van der Waals surface area contributed by atoms with Crippen molar-refractivity contribution in [3.8, 4) is 0 Å². The Balaban J connectivity index is 1.32. The predicted octanol–water partition coefficient (Wildman–Crippen LogP) is 0.905. The van der Waals surface area contributed by atoms with Crippen LogP contribution in [0.4, 0.5) is 0 Å². The molecule has 0 radical (unpaired) electrons. The van der Waals surface area contributed by atoms with Crippen molar-refractivity contribution < 1.29 is 29.1 Å². The number of aliphatic carboxylic acids is 1. The van der Waals surface area contributed by atoms with Crippen molar-refractivity contribution in [2.75, 3.05) is 5.75 Å². The first-order valence-electron chi connectivity index (χ1n) is 12.1. The quantitative estimate of drug-likeness (QED) is 0.253. The zero-order valence-corrected chi connectivity index (χ0v) is 21.5. The highest BCUT2D eigenvalue weighted by molar-refractivity contribution is 8.00. The minimum atomic E-state index is -1.19. The summed E-state index contributed by atoms with van der Waals surface area (Å²) in [5.41, 5.74) is 1.65. The van der Waals surface area contributed by atoms with E-state index in [1.54, 1.807) is 67.6 Å².